The van der Waals surface area contributed by atoms with Crippen molar-refractivity contribution >= 4 is 52.4 Å². The molecule has 0 bridgehead atoms. The summed E-state index contributed by atoms with van der Waals surface area (Å²) in [6, 6.07) is 6.55. The Labute approximate surface area is 157 Å². The van der Waals surface area contributed by atoms with E-state index in [1.54, 1.807) is 12.1 Å². The van der Waals surface area contributed by atoms with Gasteiger partial charge in [-0.25, -0.2) is 9.18 Å². The molecule has 0 radical (unpaired) electrons. The van der Waals surface area contributed by atoms with Crippen molar-refractivity contribution in [2.24, 2.45) is 0 Å². The molecule has 0 saturated heterocycles. The number of halogens is 4. The average Bonchev–Trinajstić information content (AvgIpc) is 2.56. The molecule has 0 saturated carbocycles. The topological polar surface area (TPSA) is 64.6 Å². The van der Waals surface area contributed by atoms with Crippen LogP contribution >= 0.6 is 34.8 Å². The van der Waals surface area contributed by atoms with Crippen LogP contribution < -0.4 is 10.1 Å². The quantitative estimate of drug-likeness (QED) is 0.583. The van der Waals surface area contributed by atoms with Crippen LogP contribution in [0.5, 0.6) is 5.75 Å². The van der Waals surface area contributed by atoms with Gasteiger partial charge in [0.05, 0.1) is 28.4 Å². The van der Waals surface area contributed by atoms with Gasteiger partial charge in [-0.3, -0.25) is 4.79 Å². The summed E-state index contributed by atoms with van der Waals surface area (Å²) < 4.78 is 23.3. The van der Waals surface area contributed by atoms with Crippen LogP contribution in [0.3, 0.4) is 0 Å². The summed E-state index contributed by atoms with van der Waals surface area (Å²) in [7, 11) is 1.43. The molecular formula is C16H11Cl3FNO4. The van der Waals surface area contributed by atoms with Crippen molar-refractivity contribution in [1.29, 1.82) is 0 Å². The van der Waals surface area contributed by atoms with E-state index >= 15 is 0 Å². The van der Waals surface area contributed by atoms with Crippen molar-refractivity contribution in [2.45, 2.75) is 0 Å². The number of esters is 1. The number of hydrogen-bond acceptors (Lipinski definition) is 4. The molecule has 0 aromatic heterocycles. The molecule has 0 spiro atoms. The number of carbonyl (C=O) groups is 2. The molecule has 5 nitrogen and oxygen atoms in total. The lowest BCUT2D eigenvalue weighted by atomic mass is 10.2. The van der Waals surface area contributed by atoms with Crippen LogP contribution in [-0.2, 0) is 9.53 Å². The molecule has 0 atom stereocenters. The third-order valence-electron chi connectivity index (χ3n) is 3.00. The lowest BCUT2D eigenvalue weighted by Crippen LogP contribution is -2.21. The molecule has 1 amide bonds. The third kappa shape index (κ3) is 4.98. The van der Waals surface area contributed by atoms with Gasteiger partial charge in [0.1, 0.15) is 11.6 Å². The molecule has 25 heavy (non-hydrogen) atoms. The van der Waals surface area contributed by atoms with Gasteiger partial charge in [-0.05, 0) is 30.3 Å². The van der Waals surface area contributed by atoms with E-state index < -0.39 is 24.3 Å². The maximum Gasteiger partial charge on any atom is 0.340 e. The molecule has 2 aromatic rings. The Morgan fingerprint density at radius 3 is 2.52 bits per heavy atom. The van der Waals surface area contributed by atoms with Gasteiger partial charge in [0.15, 0.2) is 6.61 Å². The molecular weight excluding hydrogens is 396 g/mol. The van der Waals surface area contributed by atoms with Crippen molar-refractivity contribution in [1.82, 2.24) is 0 Å². The molecule has 132 valence electrons. The maximum atomic E-state index is 13.4. The second-order valence-electron chi connectivity index (χ2n) is 4.72. The Morgan fingerprint density at radius 1 is 1.12 bits per heavy atom. The van der Waals surface area contributed by atoms with E-state index in [2.05, 4.69) is 5.32 Å². The van der Waals surface area contributed by atoms with Gasteiger partial charge in [0.25, 0.3) is 5.91 Å². The van der Waals surface area contributed by atoms with E-state index in [-0.39, 0.29) is 15.6 Å². The highest BCUT2D eigenvalue weighted by molar-refractivity contribution is 6.36. The van der Waals surface area contributed by atoms with Crippen LogP contribution in [0.15, 0.2) is 30.3 Å². The largest absolute Gasteiger partial charge is 0.495 e. The first-order valence-corrected chi connectivity index (χ1v) is 7.90. The zero-order valence-electron chi connectivity index (χ0n) is 12.7. The summed E-state index contributed by atoms with van der Waals surface area (Å²) in [6.45, 7) is -0.616. The second kappa shape index (κ2) is 8.38. The number of rotatable bonds is 5. The van der Waals surface area contributed by atoms with E-state index in [1.807, 2.05) is 0 Å². The fourth-order valence-corrected chi connectivity index (χ4v) is 2.48. The maximum absolute atomic E-state index is 13.4. The van der Waals surface area contributed by atoms with Crippen LogP contribution in [-0.4, -0.2) is 25.6 Å². The van der Waals surface area contributed by atoms with Crippen LogP contribution in [0.4, 0.5) is 10.1 Å². The molecule has 1 N–H and O–H groups in total. The smallest absolute Gasteiger partial charge is 0.340 e. The highest BCUT2D eigenvalue weighted by atomic mass is 35.5. The minimum Gasteiger partial charge on any atom is -0.495 e. The number of ether oxygens (including phenoxy) is 2. The number of benzene rings is 2. The van der Waals surface area contributed by atoms with E-state index in [1.165, 1.54) is 13.2 Å². The minimum absolute atomic E-state index is 0.0895. The summed E-state index contributed by atoms with van der Waals surface area (Å²) in [5.41, 5.74) is 0.0725. The number of hydrogen-bond donors (Lipinski definition) is 1. The van der Waals surface area contributed by atoms with Crippen molar-refractivity contribution in [3.8, 4) is 5.75 Å². The predicted octanol–water partition coefficient (Wildman–Crippen LogP) is 4.59. The van der Waals surface area contributed by atoms with Crippen molar-refractivity contribution in [3.05, 3.63) is 56.8 Å². The van der Waals surface area contributed by atoms with Gasteiger partial charge in [-0.1, -0.05) is 34.8 Å². The fourth-order valence-electron chi connectivity index (χ4n) is 1.85. The summed E-state index contributed by atoms with van der Waals surface area (Å²) >= 11 is 17.2. The first-order chi connectivity index (χ1) is 11.8. The number of amides is 1. The van der Waals surface area contributed by atoms with Crippen LogP contribution in [0, 0.1) is 5.82 Å². The second-order valence-corrected chi connectivity index (χ2v) is 5.97. The van der Waals surface area contributed by atoms with E-state index in [0.29, 0.717) is 16.5 Å². The number of carbonyl (C=O) groups excluding carboxylic acids is 2. The van der Waals surface area contributed by atoms with Crippen molar-refractivity contribution in [2.75, 3.05) is 19.0 Å². The summed E-state index contributed by atoms with van der Waals surface area (Å²) in [5.74, 6) is -2.05. The van der Waals surface area contributed by atoms with E-state index in [4.69, 9.17) is 44.3 Å². The third-order valence-corrected chi connectivity index (χ3v) is 3.84. The highest BCUT2D eigenvalue weighted by Gasteiger charge is 2.17. The van der Waals surface area contributed by atoms with Gasteiger partial charge in [0.2, 0.25) is 0 Å². The first kappa shape index (κ1) is 19.3. The van der Waals surface area contributed by atoms with Crippen molar-refractivity contribution < 1.29 is 23.5 Å². The lowest BCUT2D eigenvalue weighted by Gasteiger charge is -2.11. The van der Waals surface area contributed by atoms with E-state index in [9.17, 15) is 14.0 Å². The van der Waals surface area contributed by atoms with Crippen LogP contribution in [0.25, 0.3) is 0 Å². The molecule has 2 aromatic carbocycles. The molecule has 2 rings (SSSR count). The van der Waals surface area contributed by atoms with Gasteiger partial charge < -0.3 is 14.8 Å². The molecule has 0 aliphatic rings. The van der Waals surface area contributed by atoms with Gasteiger partial charge >= 0.3 is 5.97 Å². The molecule has 0 unspecified atom stereocenters. The van der Waals surface area contributed by atoms with Crippen molar-refractivity contribution in [3.63, 3.8) is 0 Å². The van der Waals surface area contributed by atoms with Crippen LogP contribution in [0.2, 0.25) is 15.1 Å². The fraction of sp³-hybridized carbons (Fsp3) is 0.125. The standard InChI is InChI=1S/C16H11Cl3FNO4/c1-24-14-3-2-8(17)4-13(14)21-15(22)7-25-16(23)9-5-12(20)11(19)6-10(9)18/h2-6H,7H2,1H3,(H,21,22). The molecule has 0 heterocycles. The predicted molar refractivity (Wildman–Crippen MR) is 93.3 cm³/mol. The summed E-state index contributed by atoms with van der Waals surface area (Å²) in [5, 5.41) is 2.56. The molecule has 0 fully saturated rings. The molecule has 9 heteroatoms. The Kier molecular flexibility index (Phi) is 6.47. The molecule has 0 aliphatic heterocycles. The van der Waals surface area contributed by atoms with Gasteiger partial charge in [0, 0.05) is 5.02 Å². The summed E-state index contributed by atoms with van der Waals surface area (Å²) in [4.78, 5) is 23.8. The number of anilines is 1. The molecule has 0 aliphatic carbocycles. The van der Waals surface area contributed by atoms with Gasteiger partial charge in [-0.2, -0.15) is 0 Å². The Hall–Kier alpha value is -2.02. The number of methoxy groups -OCH3 is 1. The van der Waals surface area contributed by atoms with Gasteiger partial charge in [-0.15, -0.1) is 0 Å². The normalized spacial score (nSPS) is 10.3. The SMILES string of the molecule is COc1ccc(Cl)cc1NC(=O)COC(=O)c1cc(F)c(Cl)cc1Cl. The zero-order chi connectivity index (χ0) is 18.6. The van der Waals surface area contributed by atoms with E-state index in [0.717, 1.165) is 12.1 Å². The monoisotopic (exact) mass is 405 g/mol. The Balaban J connectivity index is 2.02. The summed E-state index contributed by atoms with van der Waals surface area (Å²) in [6.07, 6.45) is 0. The van der Waals surface area contributed by atoms with Crippen LogP contribution in [0.1, 0.15) is 10.4 Å². The highest BCUT2D eigenvalue weighted by Crippen LogP contribution is 2.28. The Morgan fingerprint density at radius 2 is 1.84 bits per heavy atom. The lowest BCUT2D eigenvalue weighted by molar-refractivity contribution is -0.119. The first-order valence-electron chi connectivity index (χ1n) is 6.77. The zero-order valence-corrected chi connectivity index (χ0v) is 15.0. The number of nitrogens with one attached hydrogen (secondary N) is 1. The average molecular weight is 407 g/mol. The Bertz CT molecular complexity index is 829. The minimum atomic E-state index is -0.964.